The molecule has 0 saturated heterocycles. The van der Waals surface area contributed by atoms with Gasteiger partial charge in [-0.05, 0) is 66.8 Å². The van der Waals surface area contributed by atoms with Crippen LogP contribution in [0.25, 0.3) is 10.9 Å². The van der Waals surface area contributed by atoms with Crippen LogP contribution in [0.2, 0.25) is 5.02 Å². The predicted molar refractivity (Wildman–Crippen MR) is 193 cm³/mol. The van der Waals surface area contributed by atoms with Crippen molar-refractivity contribution in [3.63, 3.8) is 0 Å². The smallest absolute Gasteiger partial charge is 0.261 e. The number of aromatic nitrogens is 2. The largest absolute Gasteiger partial charge is 0.493 e. The van der Waals surface area contributed by atoms with Gasteiger partial charge in [-0.15, -0.1) is 0 Å². The van der Waals surface area contributed by atoms with Crippen molar-refractivity contribution in [2.24, 2.45) is 0 Å². The minimum Gasteiger partial charge on any atom is -0.493 e. The SMILES string of the molecule is COc1cc2ncnc(Nc3cccc(Cl)c3F)c2cc1OCCOCCCCCCCc1cccc(Oc2cccc3c2C(=O)NC(=O)C3)c1. The maximum Gasteiger partial charge on any atom is 0.261 e. The molecule has 1 aliphatic rings. The molecular weight excluding hydrogens is 675 g/mol. The molecule has 10 nitrogen and oxygen atoms in total. The number of nitrogens with one attached hydrogen (secondary N) is 2. The molecule has 5 aromatic rings. The standard InChI is InChI=1S/C39H38ClFN4O6/c1-48-33-23-31-28(38(43-24-42-31)44-30-15-9-14-29(40)37(30)41)22-34(33)50-19-18-49-17-6-4-2-3-5-10-25-11-7-13-27(20-25)51-32-16-8-12-26-21-35(46)45-39(47)36(26)32/h7-9,11-16,20,22-24H,2-6,10,17-19,21H2,1H3,(H,42,43,44)(H,45,46,47). The number of carbonyl (C=O) groups is 2. The van der Waals surface area contributed by atoms with Crippen LogP contribution in [-0.4, -0.2) is 48.7 Å². The lowest BCUT2D eigenvalue weighted by Crippen LogP contribution is -2.37. The van der Waals surface area contributed by atoms with Gasteiger partial charge in [0.2, 0.25) is 5.91 Å². The number of carbonyl (C=O) groups excluding carboxylic acids is 2. The summed E-state index contributed by atoms with van der Waals surface area (Å²) in [6.07, 6.45) is 7.75. The first-order valence-electron chi connectivity index (χ1n) is 16.9. The third-order valence-electron chi connectivity index (χ3n) is 8.43. The number of hydrogen-bond acceptors (Lipinski definition) is 9. The molecule has 1 aromatic heterocycles. The Morgan fingerprint density at radius 1 is 0.863 bits per heavy atom. The Labute approximate surface area is 300 Å². The van der Waals surface area contributed by atoms with Gasteiger partial charge in [-0.2, -0.15) is 0 Å². The van der Waals surface area contributed by atoms with E-state index in [2.05, 4.69) is 26.7 Å². The molecule has 0 spiro atoms. The topological polar surface area (TPSA) is 121 Å². The fourth-order valence-electron chi connectivity index (χ4n) is 5.90. The van der Waals surface area contributed by atoms with E-state index in [1.165, 1.54) is 18.0 Å². The molecule has 0 atom stereocenters. The minimum atomic E-state index is -0.566. The minimum absolute atomic E-state index is 0.0109. The van der Waals surface area contributed by atoms with Crippen LogP contribution in [0.5, 0.6) is 23.0 Å². The number of nitrogens with zero attached hydrogens (tertiary/aromatic N) is 2. The Morgan fingerprint density at radius 2 is 1.69 bits per heavy atom. The normalized spacial score (nSPS) is 12.4. The fraction of sp³-hybridized carbons (Fsp3) is 0.282. The highest BCUT2D eigenvalue weighted by Gasteiger charge is 2.26. The Bertz CT molecular complexity index is 2030. The monoisotopic (exact) mass is 712 g/mol. The molecule has 0 fully saturated rings. The predicted octanol–water partition coefficient (Wildman–Crippen LogP) is 8.37. The zero-order chi connectivity index (χ0) is 35.6. The Hall–Kier alpha value is -5.26. The first-order chi connectivity index (χ1) is 24.9. The fourth-order valence-corrected chi connectivity index (χ4v) is 6.08. The molecule has 2 amide bonds. The third-order valence-corrected chi connectivity index (χ3v) is 8.73. The van der Waals surface area contributed by atoms with Crippen molar-refractivity contribution >= 4 is 45.8 Å². The number of amides is 2. The van der Waals surface area contributed by atoms with Crippen molar-refractivity contribution in [2.45, 2.75) is 44.9 Å². The molecule has 4 aromatic carbocycles. The number of benzene rings is 4. The van der Waals surface area contributed by atoms with Gasteiger partial charge >= 0.3 is 0 Å². The number of methoxy groups -OCH3 is 1. The van der Waals surface area contributed by atoms with E-state index in [1.54, 1.807) is 49.6 Å². The van der Waals surface area contributed by atoms with E-state index in [0.717, 1.165) is 38.5 Å². The number of imide groups is 1. The average Bonchev–Trinajstić information content (AvgIpc) is 3.12. The number of ether oxygens (including phenoxy) is 4. The number of unbranched alkanes of at least 4 members (excludes halogenated alkanes) is 4. The quantitative estimate of drug-likeness (QED) is 0.0724. The van der Waals surface area contributed by atoms with Crippen molar-refractivity contribution in [2.75, 3.05) is 32.2 Å². The summed E-state index contributed by atoms with van der Waals surface area (Å²) in [5, 5.41) is 6.01. The molecule has 1 aliphatic heterocycles. The van der Waals surface area contributed by atoms with Gasteiger partial charge < -0.3 is 24.3 Å². The summed E-state index contributed by atoms with van der Waals surface area (Å²) in [6.45, 7) is 1.38. The Morgan fingerprint density at radius 3 is 2.57 bits per heavy atom. The lowest BCUT2D eigenvalue weighted by molar-refractivity contribution is -0.119. The maximum atomic E-state index is 14.5. The second kappa shape index (κ2) is 17.1. The number of fused-ring (bicyclic) bond motifs is 2. The van der Waals surface area contributed by atoms with Gasteiger partial charge in [0, 0.05) is 18.1 Å². The average molecular weight is 713 g/mol. The second-order valence-electron chi connectivity index (χ2n) is 12.0. The van der Waals surface area contributed by atoms with Crippen LogP contribution in [0, 0.1) is 5.82 Å². The summed E-state index contributed by atoms with van der Waals surface area (Å²) in [7, 11) is 1.56. The van der Waals surface area contributed by atoms with E-state index >= 15 is 0 Å². The molecule has 0 unspecified atom stereocenters. The van der Waals surface area contributed by atoms with Crippen molar-refractivity contribution in [1.29, 1.82) is 0 Å². The zero-order valence-corrected chi connectivity index (χ0v) is 28.9. The van der Waals surface area contributed by atoms with Crippen molar-refractivity contribution in [1.82, 2.24) is 15.3 Å². The molecular formula is C39H38ClFN4O6. The molecule has 264 valence electrons. The molecule has 6 rings (SSSR count). The Kier molecular flexibility index (Phi) is 11.9. The lowest BCUT2D eigenvalue weighted by Gasteiger charge is -2.18. The summed E-state index contributed by atoms with van der Waals surface area (Å²) in [6, 6.07) is 21.5. The summed E-state index contributed by atoms with van der Waals surface area (Å²) in [4.78, 5) is 32.8. The highest BCUT2D eigenvalue weighted by molar-refractivity contribution is 6.31. The van der Waals surface area contributed by atoms with E-state index in [9.17, 15) is 14.0 Å². The van der Waals surface area contributed by atoms with Crippen molar-refractivity contribution in [3.05, 3.63) is 107 Å². The summed E-state index contributed by atoms with van der Waals surface area (Å²) < 4.78 is 37.9. The van der Waals surface area contributed by atoms with Crippen LogP contribution >= 0.6 is 11.6 Å². The van der Waals surface area contributed by atoms with Crippen LogP contribution in [-0.2, 0) is 22.4 Å². The lowest BCUT2D eigenvalue weighted by atomic mass is 9.99. The molecule has 0 aliphatic carbocycles. The number of anilines is 2. The molecule has 51 heavy (non-hydrogen) atoms. The first-order valence-corrected chi connectivity index (χ1v) is 17.2. The van der Waals surface area contributed by atoms with E-state index in [-0.39, 0.29) is 23.0 Å². The number of rotatable bonds is 17. The zero-order valence-electron chi connectivity index (χ0n) is 28.2. The van der Waals surface area contributed by atoms with Crippen molar-refractivity contribution < 1.29 is 32.9 Å². The van der Waals surface area contributed by atoms with E-state index < -0.39 is 11.7 Å². The van der Waals surface area contributed by atoms with Gasteiger partial charge in [-0.25, -0.2) is 14.4 Å². The van der Waals surface area contributed by atoms with E-state index in [0.29, 0.717) is 70.7 Å². The van der Waals surface area contributed by atoms with E-state index in [4.69, 9.17) is 30.5 Å². The van der Waals surface area contributed by atoms with Crippen molar-refractivity contribution in [3.8, 4) is 23.0 Å². The number of halogens is 2. The van der Waals surface area contributed by atoms with Crippen LogP contribution < -0.4 is 24.8 Å². The summed E-state index contributed by atoms with van der Waals surface area (Å²) >= 11 is 5.95. The van der Waals surface area contributed by atoms with Gasteiger partial charge in [0.15, 0.2) is 17.3 Å². The number of hydrogen-bond donors (Lipinski definition) is 2. The maximum absolute atomic E-state index is 14.5. The molecule has 0 bridgehead atoms. The second-order valence-corrected chi connectivity index (χ2v) is 12.4. The summed E-state index contributed by atoms with van der Waals surface area (Å²) in [5.41, 5.74) is 3.06. The number of aryl methyl sites for hydroxylation is 1. The third kappa shape index (κ3) is 9.11. The van der Waals surface area contributed by atoms with Gasteiger partial charge in [0.1, 0.15) is 30.3 Å². The van der Waals surface area contributed by atoms with Crippen LogP contribution in [0.3, 0.4) is 0 Å². The molecule has 0 radical (unpaired) electrons. The Balaban J connectivity index is 0.894. The molecule has 0 saturated carbocycles. The molecule has 2 N–H and O–H groups in total. The van der Waals surface area contributed by atoms with Gasteiger partial charge in [0.05, 0.1) is 41.9 Å². The molecule has 2 heterocycles. The molecule has 12 heteroatoms. The highest BCUT2D eigenvalue weighted by atomic mass is 35.5. The van der Waals surface area contributed by atoms with Gasteiger partial charge in [0.25, 0.3) is 5.91 Å². The summed E-state index contributed by atoms with van der Waals surface area (Å²) in [5.74, 6) is 1.23. The van der Waals surface area contributed by atoms with Crippen LogP contribution in [0.1, 0.15) is 53.6 Å². The first kappa shape index (κ1) is 35.6. The van der Waals surface area contributed by atoms with Gasteiger partial charge in [-0.1, -0.05) is 61.2 Å². The van der Waals surface area contributed by atoms with Crippen LogP contribution in [0.4, 0.5) is 15.9 Å². The van der Waals surface area contributed by atoms with Gasteiger partial charge in [-0.3, -0.25) is 14.9 Å². The van der Waals surface area contributed by atoms with Crippen LogP contribution in [0.15, 0.2) is 79.1 Å². The highest BCUT2D eigenvalue weighted by Crippen LogP contribution is 2.36. The van der Waals surface area contributed by atoms with E-state index in [1.807, 2.05) is 18.2 Å².